The van der Waals surface area contributed by atoms with Crippen molar-refractivity contribution in [2.24, 2.45) is 5.92 Å². The van der Waals surface area contributed by atoms with Crippen LogP contribution in [-0.2, 0) is 4.74 Å². The molecule has 1 aliphatic heterocycles. The van der Waals surface area contributed by atoms with Crippen molar-refractivity contribution in [1.82, 2.24) is 4.90 Å². The van der Waals surface area contributed by atoms with Gasteiger partial charge in [0, 0.05) is 13.1 Å². The molecule has 0 radical (unpaired) electrons. The molecule has 1 aliphatic carbocycles. The van der Waals surface area contributed by atoms with Gasteiger partial charge in [-0.25, -0.2) is 0 Å². The van der Waals surface area contributed by atoms with Gasteiger partial charge in [0.25, 0.3) is 0 Å². The van der Waals surface area contributed by atoms with Crippen molar-refractivity contribution in [1.29, 1.82) is 0 Å². The molecule has 0 aromatic carbocycles. The van der Waals surface area contributed by atoms with Crippen LogP contribution in [0.5, 0.6) is 0 Å². The smallest absolute Gasteiger partial charge is 0.0603 e. The molecule has 0 unspecified atom stereocenters. The van der Waals surface area contributed by atoms with E-state index in [4.69, 9.17) is 4.74 Å². The Kier molecular flexibility index (Phi) is 13.5. The first-order chi connectivity index (χ1) is 10.1. The van der Waals surface area contributed by atoms with E-state index in [0.717, 1.165) is 5.92 Å². The standard InChI is InChI=1S/C10H21NO.C7H14.C2H6/c1-4-11-7-5-10(6-8-11)12-9(2)3;1-7-5-3-2-4-6-7;1-2/h9-10H,4-8H2,1-3H3;7H,2-6H2,1H3;1-2H3. The number of piperidine rings is 1. The Morgan fingerprint density at radius 1 is 0.952 bits per heavy atom. The Morgan fingerprint density at radius 2 is 1.48 bits per heavy atom. The average Bonchev–Trinajstić information content (AvgIpc) is 2.51. The molecule has 0 spiro atoms. The Labute approximate surface area is 134 Å². The number of likely N-dealkylation sites (tertiary alicyclic amines) is 1. The van der Waals surface area contributed by atoms with Gasteiger partial charge < -0.3 is 9.64 Å². The zero-order valence-electron chi connectivity index (χ0n) is 15.7. The molecule has 0 amide bonds. The van der Waals surface area contributed by atoms with E-state index < -0.39 is 0 Å². The zero-order chi connectivity index (χ0) is 16.1. The van der Waals surface area contributed by atoms with Gasteiger partial charge in [0.1, 0.15) is 0 Å². The molecule has 2 rings (SSSR count). The number of hydrogen-bond acceptors (Lipinski definition) is 2. The van der Waals surface area contributed by atoms with Gasteiger partial charge >= 0.3 is 0 Å². The predicted molar refractivity (Wildman–Crippen MR) is 95.0 cm³/mol. The third-order valence-electron chi connectivity index (χ3n) is 4.34. The SMILES string of the molecule is CC.CC1CCCCC1.CCN1CCC(OC(C)C)CC1. The van der Waals surface area contributed by atoms with E-state index in [1.54, 1.807) is 0 Å². The molecule has 2 nitrogen and oxygen atoms in total. The molecule has 0 aromatic rings. The third-order valence-corrected chi connectivity index (χ3v) is 4.34. The monoisotopic (exact) mass is 299 g/mol. The van der Waals surface area contributed by atoms with Gasteiger partial charge in [-0.2, -0.15) is 0 Å². The van der Waals surface area contributed by atoms with Crippen LogP contribution in [-0.4, -0.2) is 36.7 Å². The molecular weight excluding hydrogens is 258 g/mol. The highest BCUT2D eigenvalue weighted by molar-refractivity contribution is 4.71. The molecule has 128 valence electrons. The van der Waals surface area contributed by atoms with E-state index in [1.807, 2.05) is 13.8 Å². The van der Waals surface area contributed by atoms with Crippen LogP contribution in [0.3, 0.4) is 0 Å². The second-order valence-electron chi connectivity index (χ2n) is 6.56. The van der Waals surface area contributed by atoms with Crippen LogP contribution in [0.2, 0.25) is 0 Å². The number of hydrogen-bond donors (Lipinski definition) is 0. The molecule has 1 heterocycles. The van der Waals surface area contributed by atoms with Crippen molar-refractivity contribution in [3.8, 4) is 0 Å². The molecular formula is C19H41NO. The number of ether oxygens (including phenoxy) is 1. The third kappa shape index (κ3) is 11.2. The lowest BCUT2D eigenvalue weighted by atomic mass is 9.91. The molecule has 2 fully saturated rings. The van der Waals surface area contributed by atoms with E-state index in [0.29, 0.717) is 12.2 Å². The molecule has 2 aliphatic rings. The second kappa shape index (κ2) is 13.6. The lowest BCUT2D eigenvalue weighted by molar-refractivity contribution is -0.0259. The van der Waals surface area contributed by atoms with Crippen molar-refractivity contribution >= 4 is 0 Å². The first-order valence-electron chi connectivity index (χ1n) is 9.49. The van der Waals surface area contributed by atoms with Crippen LogP contribution in [0.4, 0.5) is 0 Å². The summed E-state index contributed by atoms with van der Waals surface area (Å²) in [5, 5.41) is 0. The lowest BCUT2D eigenvalue weighted by Crippen LogP contribution is -2.37. The minimum atomic E-state index is 0.392. The van der Waals surface area contributed by atoms with Gasteiger partial charge in [0.05, 0.1) is 12.2 Å². The summed E-state index contributed by atoms with van der Waals surface area (Å²) in [7, 11) is 0. The predicted octanol–water partition coefficient (Wildman–Crippen LogP) is 5.51. The molecule has 0 bridgehead atoms. The van der Waals surface area contributed by atoms with Gasteiger partial charge in [0.2, 0.25) is 0 Å². The molecule has 1 saturated carbocycles. The lowest BCUT2D eigenvalue weighted by Gasteiger charge is -2.31. The highest BCUT2D eigenvalue weighted by Crippen LogP contribution is 2.22. The van der Waals surface area contributed by atoms with E-state index in [1.165, 1.54) is 64.6 Å². The number of nitrogens with zero attached hydrogens (tertiary/aromatic N) is 1. The van der Waals surface area contributed by atoms with Crippen LogP contribution >= 0.6 is 0 Å². The fraction of sp³-hybridized carbons (Fsp3) is 1.00. The summed E-state index contributed by atoms with van der Waals surface area (Å²) in [5.41, 5.74) is 0. The van der Waals surface area contributed by atoms with Gasteiger partial charge in [0.15, 0.2) is 0 Å². The van der Waals surface area contributed by atoms with E-state index in [2.05, 4.69) is 32.6 Å². The molecule has 0 aromatic heterocycles. The molecule has 0 N–H and O–H groups in total. The van der Waals surface area contributed by atoms with Gasteiger partial charge in [-0.3, -0.25) is 0 Å². The molecule has 1 saturated heterocycles. The summed E-state index contributed by atoms with van der Waals surface area (Å²) in [6.07, 6.45) is 10.8. The maximum atomic E-state index is 5.76. The minimum absolute atomic E-state index is 0.392. The summed E-state index contributed by atoms with van der Waals surface area (Å²) in [5.74, 6) is 1.04. The van der Waals surface area contributed by atoms with Crippen molar-refractivity contribution < 1.29 is 4.74 Å². The van der Waals surface area contributed by atoms with Gasteiger partial charge in [-0.1, -0.05) is 59.8 Å². The van der Waals surface area contributed by atoms with Gasteiger partial charge in [-0.05, 0) is 39.2 Å². The topological polar surface area (TPSA) is 12.5 Å². The second-order valence-corrected chi connectivity index (χ2v) is 6.56. The average molecular weight is 300 g/mol. The highest BCUT2D eigenvalue weighted by Gasteiger charge is 2.18. The van der Waals surface area contributed by atoms with E-state index >= 15 is 0 Å². The van der Waals surface area contributed by atoms with E-state index in [9.17, 15) is 0 Å². The summed E-state index contributed by atoms with van der Waals surface area (Å²) in [6.45, 7) is 16.4. The van der Waals surface area contributed by atoms with Crippen LogP contribution in [0.15, 0.2) is 0 Å². The fourth-order valence-corrected chi connectivity index (χ4v) is 3.05. The quantitative estimate of drug-likeness (QED) is 0.681. The Bertz CT molecular complexity index is 204. The van der Waals surface area contributed by atoms with E-state index in [-0.39, 0.29) is 0 Å². The van der Waals surface area contributed by atoms with Crippen LogP contribution < -0.4 is 0 Å². The van der Waals surface area contributed by atoms with Crippen molar-refractivity contribution in [3.05, 3.63) is 0 Å². The van der Waals surface area contributed by atoms with Gasteiger partial charge in [-0.15, -0.1) is 0 Å². The Hall–Kier alpha value is -0.0800. The summed E-state index contributed by atoms with van der Waals surface area (Å²) < 4.78 is 5.76. The first kappa shape index (κ1) is 20.9. The molecule has 21 heavy (non-hydrogen) atoms. The summed E-state index contributed by atoms with van der Waals surface area (Å²) in [6, 6.07) is 0. The minimum Gasteiger partial charge on any atom is -0.375 e. The number of rotatable bonds is 3. The van der Waals surface area contributed by atoms with Crippen LogP contribution in [0.1, 0.15) is 86.5 Å². The maximum Gasteiger partial charge on any atom is 0.0603 e. The summed E-state index contributed by atoms with van der Waals surface area (Å²) >= 11 is 0. The molecule has 2 heteroatoms. The normalized spacial score (nSPS) is 21.3. The van der Waals surface area contributed by atoms with Crippen molar-refractivity contribution in [2.45, 2.75) is 98.7 Å². The maximum absolute atomic E-state index is 5.76. The van der Waals surface area contributed by atoms with Crippen LogP contribution in [0, 0.1) is 5.92 Å². The molecule has 0 atom stereocenters. The largest absolute Gasteiger partial charge is 0.375 e. The Morgan fingerprint density at radius 3 is 1.81 bits per heavy atom. The highest BCUT2D eigenvalue weighted by atomic mass is 16.5. The Balaban J connectivity index is 0.000000377. The van der Waals surface area contributed by atoms with Crippen molar-refractivity contribution in [3.63, 3.8) is 0 Å². The first-order valence-corrected chi connectivity index (χ1v) is 9.49. The summed E-state index contributed by atoms with van der Waals surface area (Å²) in [4.78, 5) is 2.49. The van der Waals surface area contributed by atoms with Crippen LogP contribution in [0.25, 0.3) is 0 Å². The van der Waals surface area contributed by atoms with Crippen molar-refractivity contribution in [2.75, 3.05) is 19.6 Å². The fourth-order valence-electron chi connectivity index (χ4n) is 3.05. The zero-order valence-corrected chi connectivity index (χ0v) is 15.7.